The van der Waals surface area contributed by atoms with Gasteiger partial charge in [-0.25, -0.2) is 0 Å². The molecule has 0 aliphatic rings. The summed E-state index contributed by atoms with van der Waals surface area (Å²) in [6.45, 7) is 8.91. The normalized spacial score (nSPS) is 11.8. The molecule has 0 aliphatic carbocycles. The van der Waals surface area contributed by atoms with Gasteiger partial charge in [0.1, 0.15) is 0 Å². The molecule has 1 aromatic carbocycles. The van der Waals surface area contributed by atoms with E-state index in [1.54, 1.807) is 0 Å². The van der Waals surface area contributed by atoms with Gasteiger partial charge in [0, 0.05) is 10.3 Å². The van der Waals surface area contributed by atoms with E-state index in [2.05, 4.69) is 57.3 Å². The lowest BCUT2D eigenvalue weighted by Gasteiger charge is -2.32. The van der Waals surface area contributed by atoms with E-state index in [1.165, 1.54) is 21.6 Å². The largest absolute Gasteiger partial charge is 0.392 e. The average Bonchev–Trinajstić information content (AvgIpc) is 2.88. The van der Waals surface area contributed by atoms with E-state index in [9.17, 15) is 5.11 Å². The molecular formula is C18H24OS. The highest BCUT2D eigenvalue weighted by atomic mass is 32.1. The molecule has 0 bridgehead atoms. The van der Waals surface area contributed by atoms with E-state index in [-0.39, 0.29) is 12.0 Å². The predicted molar refractivity (Wildman–Crippen MR) is 87.5 cm³/mol. The van der Waals surface area contributed by atoms with E-state index in [0.717, 1.165) is 18.4 Å². The Hall–Kier alpha value is -1.12. The van der Waals surface area contributed by atoms with Crippen LogP contribution in [0, 0.1) is 13.8 Å². The second-order valence-electron chi connectivity index (χ2n) is 5.58. The summed E-state index contributed by atoms with van der Waals surface area (Å²) in [5, 5.41) is 11.6. The Morgan fingerprint density at radius 3 is 2.25 bits per heavy atom. The fourth-order valence-corrected chi connectivity index (χ4v) is 4.27. The second-order valence-corrected chi connectivity index (χ2v) is 6.49. The molecule has 1 nitrogen and oxygen atoms in total. The van der Waals surface area contributed by atoms with Crippen LogP contribution in [0.2, 0.25) is 0 Å². The van der Waals surface area contributed by atoms with Crippen molar-refractivity contribution in [3.8, 4) is 0 Å². The molecule has 0 amide bonds. The van der Waals surface area contributed by atoms with Crippen molar-refractivity contribution >= 4 is 11.3 Å². The summed E-state index contributed by atoms with van der Waals surface area (Å²) < 4.78 is 0. The maximum absolute atomic E-state index is 9.35. The maximum Gasteiger partial charge on any atom is 0.0684 e. The first kappa shape index (κ1) is 15.3. The number of aryl methyl sites for hydroxylation is 2. The van der Waals surface area contributed by atoms with Crippen molar-refractivity contribution in [2.75, 3.05) is 0 Å². The third-order valence-corrected chi connectivity index (χ3v) is 5.73. The minimum absolute atomic E-state index is 0.109. The van der Waals surface area contributed by atoms with E-state index in [4.69, 9.17) is 0 Å². The predicted octanol–water partition coefficient (Wildman–Crippen LogP) is 4.96. The van der Waals surface area contributed by atoms with Crippen LogP contribution in [-0.2, 0) is 12.0 Å². The van der Waals surface area contributed by atoms with Crippen LogP contribution in [0.3, 0.4) is 0 Å². The highest BCUT2D eigenvalue weighted by Crippen LogP contribution is 2.42. The van der Waals surface area contributed by atoms with Crippen LogP contribution in [0.1, 0.15) is 53.8 Å². The van der Waals surface area contributed by atoms with Gasteiger partial charge in [-0.3, -0.25) is 0 Å². The van der Waals surface area contributed by atoms with E-state index in [0.29, 0.717) is 0 Å². The third kappa shape index (κ3) is 2.55. The minimum Gasteiger partial charge on any atom is -0.392 e. The summed E-state index contributed by atoms with van der Waals surface area (Å²) in [5.74, 6) is 0. The number of thiophene rings is 1. The number of hydrogen-bond acceptors (Lipinski definition) is 2. The van der Waals surface area contributed by atoms with Crippen molar-refractivity contribution in [2.45, 2.75) is 52.6 Å². The van der Waals surface area contributed by atoms with Gasteiger partial charge < -0.3 is 5.11 Å². The van der Waals surface area contributed by atoms with Crippen molar-refractivity contribution in [3.05, 3.63) is 56.8 Å². The fourth-order valence-electron chi connectivity index (χ4n) is 3.00. The Morgan fingerprint density at radius 1 is 1.10 bits per heavy atom. The summed E-state index contributed by atoms with van der Waals surface area (Å²) in [5.41, 5.74) is 5.04. The highest BCUT2D eigenvalue weighted by molar-refractivity contribution is 7.10. The zero-order valence-electron chi connectivity index (χ0n) is 12.9. The van der Waals surface area contributed by atoms with Crippen LogP contribution >= 0.6 is 11.3 Å². The first-order valence-electron chi connectivity index (χ1n) is 7.33. The molecule has 0 fully saturated rings. The number of aliphatic hydroxyl groups is 1. The Kier molecular flexibility index (Phi) is 4.66. The molecule has 0 radical (unpaired) electrons. The first-order valence-corrected chi connectivity index (χ1v) is 8.21. The van der Waals surface area contributed by atoms with Gasteiger partial charge in [-0.1, -0.05) is 32.0 Å². The fraction of sp³-hybridized carbons (Fsp3) is 0.444. The summed E-state index contributed by atoms with van der Waals surface area (Å²) >= 11 is 1.87. The Bertz CT molecular complexity index is 579. The molecule has 2 aromatic rings. The number of hydrogen-bond donors (Lipinski definition) is 1. The molecule has 2 rings (SSSR count). The lowest BCUT2D eigenvalue weighted by atomic mass is 9.74. The van der Waals surface area contributed by atoms with Gasteiger partial charge in [-0.05, 0) is 60.4 Å². The van der Waals surface area contributed by atoms with Crippen molar-refractivity contribution < 1.29 is 5.11 Å². The lowest BCUT2D eigenvalue weighted by Crippen LogP contribution is -2.25. The zero-order valence-corrected chi connectivity index (χ0v) is 13.7. The zero-order chi connectivity index (χ0) is 14.8. The molecule has 1 N–H and O–H groups in total. The Labute approximate surface area is 126 Å². The molecule has 0 atom stereocenters. The molecule has 1 heterocycles. The van der Waals surface area contributed by atoms with E-state index >= 15 is 0 Å². The molecule has 0 saturated carbocycles. The molecule has 20 heavy (non-hydrogen) atoms. The van der Waals surface area contributed by atoms with Crippen molar-refractivity contribution in [1.82, 2.24) is 0 Å². The quantitative estimate of drug-likeness (QED) is 0.824. The monoisotopic (exact) mass is 288 g/mol. The van der Waals surface area contributed by atoms with Crippen LogP contribution in [0.15, 0.2) is 29.6 Å². The first-order chi connectivity index (χ1) is 9.57. The van der Waals surface area contributed by atoms with Crippen LogP contribution in [0.4, 0.5) is 0 Å². The van der Waals surface area contributed by atoms with Gasteiger partial charge in [0.2, 0.25) is 0 Å². The van der Waals surface area contributed by atoms with Crippen LogP contribution in [-0.4, -0.2) is 5.11 Å². The molecule has 2 heteroatoms. The van der Waals surface area contributed by atoms with Gasteiger partial charge in [-0.15, -0.1) is 11.3 Å². The Balaban J connectivity index is 2.55. The summed E-state index contributed by atoms with van der Waals surface area (Å²) in [4.78, 5) is 1.45. The maximum atomic E-state index is 9.35. The smallest absolute Gasteiger partial charge is 0.0684 e. The number of aliphatic hydroxyl groups excluding tert-OH is 1. The summed E-state index contributed by atoms with van der Waals surface area (Å²) in [6, 6.07) is 8.85. The van der Waals surface area contributed by atoms with Gasteiger partial charge in [0.05, 0.1) is 6.61 Å². The summed E-state index contributed by atoms with van der Waals surface area (Å²) in [6.07, 6.45) is 2.20. The van der Waals surface area contributed by atoms with Gasteiger partial charge in [0.15, 0.2) is 0 Å². The molecule has 0 saturated heterocycles. The van der Waals surface area contributed by atoms with E-state index in [1.807, 2.05) is 11.3 Å². The van der Waals surface area contributed by atoms with Crippen LogP contribution < -0.4 is 0 Å². The Morgan fingerprint density at radius 2 is 1.80 bits per heavy atom. The SMILES string of the molecule is CCC(CC)(c1ccc(CO)c(C)c1)c1cc(C)cs1. The van der Waals surface area contributed by atoms with Crippen molar-refractivity contribution in [3.63, 3.8) is 0 Å². The van der Waals surface area contributed by atoms with E-state index < -0.39 is 0 Å². The van der Waals surface area contributed by atoms with Gasteiger partial charge >= 0.3 is 0 Å². The molecule has 0 spiro atoms. The molecular weight excluding hydrogens is 264 g/mol. The molecule has 108 valence electrons. The van der Waals surface area contributed by atoms with Crippen LogP contribution in [0.25, 0.3) is 0 Å². The number of benzene rings is 1. The average molecular weight is 288 g/mol. The van der Waals surface area contributed by atoms with Crippen molar-refractivity contribution in [2.24, 2.45) is 0 Å². The van der Waals surface area contributed by atoms with Gasteiger partial charge in [0.25, 0.3) is 0 Å². The van der Waals surface area contributed by atoms with Crippen molar-refractivity contribution in [1.29, 1.82) is 0 Å². The highest BCUT2D eigenvalue weighted by Gasteiger charge is 2.32. The minimum atomic E-state index is 0.109. The number of rotatable bonds is 5. The molecule has 0 aliphatic heterocycles. The topological polar surface area (TPSA) is 20.2 Å². The molecule has 0 unspecified atom stereocenters. The summed E-state index contributed by atoms with van der Waals surface area (Å²) in [7, 11) is 0. The van der Waals surface area contributed by atoms with Crippen LogP contribution in [0.5, 0.6) is 0 Å². The third-order valence-electron chi connectivity index (χ3n) is 4.47. The lowest BCUT2D eigenvalue weighted by molar-refractivity contribution is 0.281. The van der Waals surface area contributed by atoms with Gasteiger partial charge in [-0.2, -0.15) is 0 Å². The standard InChI is InChI=1S/C18H24OS/c1-5-18(6-2,17-9-13(3)12-20-17)16-8-7-15(11-19)14(4)10-16/h7-10,12,19H,5-6,11H2,1-4H3. The second kappa shape index (κ2) is 6.11. The molecule has 1 aromatic heterocycles.